The molecule has 1 aromatic heterocycles. The first-order valence-corrected chi connectivity index (χ1v) is 11.2. The summed E-state index contributed by atoms with van der Waals surface area (Å²) < 4.78 is 81.7. The van der Waals surface area contributed by atoms with Crippen molar-refractivity contribution in [2.45, 2.75) is 18.0 Å². The van der Waals surface area contributed by atoms with Crippen molar-refractivity contribution in [2.75, 3.05) is 11.6 Å². The van der Waals surface area contributed by atoms with Gasteiger partial charge >= 0.3 is 6.18 Å². The summed E-state index contributed by atoms with van der Waals surface area (Å²) in [5, 5.41) is 8.51. The van der Waals surface area contributed by atoms with Crippen LogP contribution in [0.4, 0.5) is 23.2 Å². The van der Waals surface area contributed by atoms with Crippen LogP contribution < -0.4 is 10.1 Å². The van der Waals surface area contributed by atoms with Crippen LogP contribution in [0.15, 0.2) is 47.4 Å². The van der Waals surface area contributed by atoms with E-state index in [4.69, 9.17) is 16.3 Å². The van der Waals surface area contributed by atoms with E-state index in [-0.39, 0.29) is 21.4 Å². The van der Waals surface area contributed by atoms with Crippen LogP contribution in [0.25, 0.3) is 0 Å². The first-order chi connectivity index (χ1) is 15.3. The fourth-order valence-corrected chi connectivity index (χ4v) is 3.43. The average molecular weight is 504 g/mol. The van der Waals surface area contributed by atoms with E-state index >= 15 is 0 Å². The molecule has 0 bridgehead atoms. The third-order valence-corrected chi connectivity index (χ3v) is 5.69. The number of carbonyl (C=O) groups excluding carboxylic acids is 1. The molecule has 0 fully saturated rings. The number of halogens is 5. The van der Waals surface area contributed by atoms with E-state index in [9.17, 15) is 30.8 Å². The van der Waals surface area contributed by atoms with Crippen molar-refractivity contribution in [2.24, 2.45) is 0 Å². The van der Waals surface area contributed by atoms with Crippen molar-refractivity contribution in [3.8, 4) is 11.6 Å². The highest BCUT2D eigenvalue weighted by molar-refractivity contribution is 7.90. The van der Waals surface area contributed by atoms with Gasteiger partial charge in [-0.15, -0.1) is 10.2 Å². The smallest absolute Gasteiger partial charge is 0.435 e. The number of benzene rings is 2. The Hall–Kier alpha value is -3.25. The average Bonchev–Trinajstić information content (AvgIpc) is 2.70. The molecule has 2 aromatic carbocycles. The van der Waals surface area contributed by atoms with Crippen LogP contribution in [0, 0.1) is 12.7 Å². The highest BCUT2D eigenvalue weighted by Crippen LogP contribution is 2.34. The van der Waals surface area contributed by atoms with Crippen molar-refractivity contribution in [1.82, 2.24) is 10.2 Å². The van der Waals surface area contributed by atoms with E-state index < -0.39 is 44.9 Å². The Balaban J connectivity index is 2.05. The van der Waals surface area contributed by atoms with Crippen LogP contribution in [0.5, 0.6) is 11.6 Å². The van der Waals surface area contributed by atoms with Crippen molar-refractivity contribution in [1.29, 1.82) is 0 Å². The second kappa shape index (κ2) is 8.94. The molecule has 0 aliphatic rings. The highest BCUT2D eigenvalue weighted by atomic mass is 35.5. The highest BCUT2D eigenvalue weighted by Gasteiger charge is 2.35. The standard InChI is InChI=1S/C20H14ClF4N3O4S/c1-10-3-5-12(33(2,30)31)8-15(10)26-18(29)13-9-17(20(23,24)25)27-28-19(13)32-16-6-4-11(22)7-14(16)21/h3-9H,1-2H3,(H,26,29). The van der Waals surface area contributed by atoms with Gasteiger partial charge in [0.2, 0.25) is 0 Å². The summed E-state index contributed by atoms with van der Waals surface area (Å²) >= 11 is 5.88. The van der Waals surface area contributed by atoms with E-state index in [1.807, 2.05) is 0 Å². The lowest BCUT2D eigenvalue weighted by Crippen LogP contribution is -2.18. The van der Waals surface area contributed by atoms with Gasteiger partial charge in [-0.2, -0.15) is 13.2 Å². The SMILES string of the molecule is Cc1ccc(S(C)(=O)=O)cc1NC(=O)c1cc(C(F)(F)F)nnc1Oc1ccc(F)cc1Cl. The molecule has 1 heterocycles. The van der Waals surface area contributed by atoms with E-state index in [1.54, 1.807) is 6.92 Å². The van der Waals surface area contributed by atoms with Crippen LogP contribution in [0.2, 0.25) is 5.02 Å². The summed E-state index contributed by atoms with van der Waals surface area (Å²) in [5.41, 5.74) is -1.65. The molecule has 0 saturated carbocycles. The topological polar surface area (TPSA) is 98.2 Å². The van der Waals surface area contributed by atoms with Gasteiger partial charge in [-0.1, -0.05) is 17.7 Å². The summed E-state index contributed by atoms with van der Waals surface area (Å²) in [4.78, 5) is 12.8. The molecule has 0 saturated heterocycles. The van der Waals surface area contributed by atoms with E-state index in [0.717, 1.165) is 24.5 Å². The summed E-state index contributed by atoms with van der Waals surface area (Å²) in [6, 6.07) is 7.31. The van der Waals surface area contributed by atoms with Crippen LogP contribution in [0.3, 0.4) is 0 Å². The normalized spacial score (nSPS) is 11.8. The molecule has 0 aliphatic carbocycles. The first-order valence-electron chi connectivity index (χ1n) is 8.95. The maximum absolute atomic E-state index is 13.3. The van der Waals surface area contributed by atoms with Crippen LogP contribution >= 0.6 is 11.6 Å². The molecule has 0 atom stereocenters. The quantitative estimate of drug-likeness (QED) is 0.490. The number of nitrogens with one attached hydrogen (secondary N) is 1. The molecule has 7 nitrogen and oxygen atoms in total. The molecule has 33 heavy (non-hydrogen) atoms. The van der Waals surface area contributed by atoms with Gasteiger partial charge in [0.15, 0.2) is 15.5 Å². The number of rotatable bonds is 5. The van der Waals surface area contributed by atoms with Gasteiger partial charge in [0.05, 0.1) is 9.92 Å². The number of sulfone groups is 1. The van der Waals surface area contributed by atoms with Gasteiger partial charge in [0, 0.05) is 11.9 Å². The van der Waals surface area contributed by atoms with E-state index in [1.165, 1.54) is 18.2 Å². The van der Waals surface area contributed by atoms with Gasteiger partial charge in [0.25, 0.3) is 11.8 Å². The Morgan fingerprint density at radius 2 is 1.79 bits per heavy atom. The Morgan fingerprint density at radius 3 is 2.39 bits per heavy atom. The number of anilines is 1. The van der Waals surface area contributed by atoms with Crippen LogP contribution in [-0.2, 0) is 16.0 Å². The Kier molecular flexibility index (Phi) is 6.61. The molecule has 0 spiro atoms. The molecule has 13 heteroatoms. The first kappa shape index (κ1) is 24.4. The van der Waals surface area contributed by atoms with Gasteiger partial charge in [-0.05, 0) is 48.9 Å². The third-order valence-electron chi connectivity index (χ3n) is 4.28. The molecule has 0 radical (unpaired) electrons. The van der Waals surface area contributed by atoms with Crippen molar-refractivity contribution in [3.63, 3.8) is 0 Å². The largest absolute Gasteiger partial charge is 0.435 e. The molecular formula is C20H14ClF4N3O4S. The maximum Gasteiger partial charge on any atom is 0.435 e. The third kappa shape index (κ3) is 5.76. The number of aromatic nitrogens is 2. The monoisotopic (exact) mass is 503 g/mol. The zero-order valence-corrected chi connectivity index (χ0v) is 18.4. The lowest BCUT2D eigenvalue weighted by Gasteiger charge is -2.14. The van der Waals surface area contributed by atoms with Crippen LogP contribution in [0.1, 0.15) is 21.6 Å². The number of hydrogen-bond acceptors (Lipinski definition) is 6. The molecule has 1 amide bonds. The molecule has 0 aliphatic heterocycles. The lowest BCUT2D eigenvalue weighted by atomic mass is 10.1. The number of hydrogen-bond donors (Lipinski definition) is 1. The zero-order chi connectivity index (χ0) is 24.6. The molecule has 3 rings (SSSR count). The fourth-order valence-electron chi connectivity index (χ4n) is 2.58. The minimum absolute atomic E-state index is 0.0408. The molecule has 174 valence electrons. The number of alkyl halides is 3. The molecular weight excluding hydrogens is 490 g/mol. The lowest BCUT2D eigenvalue weighted by molar-refractivity contribution is -0.141. The Morgan fingerprint density at radius 1 is 1.09 bits per heavy atom. The summed E-state index contributed by atoms with van der Waals surface area (Å²) in [6.45, 7) is 1.56. The number of carbonyl (C=O) groups is 1. The summed E-state index contributed by atoms with van der Waals surface area (Å²) in [6.07, 6.45) is -3.95. The second-order valence-electron chi connectivity index (χ2n) is 6.83. The van der Waals surface area contributed by atoms with Gasteiger partial charge in [-0.3, -0.25) is 4.79 Å². The fraction of sp³-hybridized carbons (Fsp3) is 0.150. The summed E-state index contributed by atoms with van der Waals surface area (Å²) in [5.74, 6) is -2.59. The number of nitrogens with zero attached hydrogens (tertiary/aromatic N) is 2. The van der Waals surface area contributed by atoms with Crippen molar-refractivity contribution in [3.05, 3.63) is 70.1 Å². The minimum atomic E-state index is -4.92. The van der Waals surface area contributed by atoms with Crippen molar-refractivity contribution < 1.29 is 35.5 Å². The van der Waals surface area contributed by atoms with E-state index in [0.29, 0.717) is 11.6 Å². The van der Waals surface area contributed by atoms with Crippen molar-refractivity contribution >= 4 is 33.0 Å². The Labute approximate surface area is 190 Å². The predicted octanol–water partition coefficient (Wildman–Crippen LogP) is 5.04. The van der Waals surface area contributed by atoms with Crippen LogP contribution in [-0.4, -0.2) is 30.8 Å². The second-order valence-corrected chi connectivity index (χ2v) is 9.25. The Bertz CT molecular complexity index is 1350. The molecule has 1 N–H and O–H groups in total. The molecule has 0 unspecified atom stereocenters. The zero-order valence-electron chi connectivity index (χ0n) is 16.9. The number of aryl methyl sites for hydroxylation is 1. The van der Waals surface area contributed by atoms with E-state index in [2.05, 4.69) is 15.5 Å². The number of ether oxygens (including phenoxy) is 1. The minimum Gasteiger partial charge on any atom is -0.435 e. The maximum atomic E-state index is 13.3. The predicted molar refractivity (Wildman–Crippen MR) is 111 cm³/mol. The molecule has 3 aromatic rings. The van der Waals surface area contributed by atoms with Gasteiger partial charge < -0.3 is 10.1 Å². The summed E-state index contributed by atoms with van der Waals surface area (Å²) in [7, 11) is -3.62. The van der Waals surface area contributed by atoms with Gasteiger partial charge in [-0.25, -0.2) is 12.8 Å². The van der Waals surface area contributed by atoms with Gasteiger partial charge in [0.1, 0.15) is 17.1 Å². The number of amides is 1.